The molecule has 1 atom stereocenters. The summed E-state index contributed by atoms with van der Waals surface area (Å²) in [7, 11) is 0. The van der Waals surface area contributed by atoms with Crippen molar-refractivity contribution in [2.45, 2.75) is 39.2 Å². The van der Waals surface area contributed by atoms with Gasteiger partial charge in [-0.1, -0.05) is 44.2 Å². The van der Waals surface area contributed by atoms with Gasteiger partial charge < -0.3 is 10.6 Å². The maximum Gasteiger partial charge on any atom is 0.237 e. The minimum Gasteiger partial charge on any atom is -0.356 e. The quantitative estimate of drug-likeness (QED) is 0.760. The number of piperazine rings is 1. The van der Waals surface area contributed by atoms with Crippen LogP contribution in [0.15, 0.2) is 30.3 Å². The van der Waals surface area contributed by atoms with Crippen LogP contribution in [0.3, 0.4) is 0 Å². The van der Waals surface area contributed by atoms with E-state index in [-0.39, 0.29) is 24.3 Å². The summed E-state index contributed by atoms with van der Waals surface area (Å²) in [6, 6.07) is 10.0. The molecule has 1 fully saturated rings. The van der Waals surface area contributed by atoms with Gasteiger partial charge >= 0.3 is 0 Å². The predicted molar refractivity (Wildman–Crippen MR) is 95.6 cm³/mol. The van der Waals surface area contributed by atoms with Gasteiger partial charge in [-0.05, 0) is 30.9 Å². The zero-order valence-electron chi connectivity index (χ0n) is 14.8. The summed E-state index contributed by atoms with van der Waals surface area (Å²) in [4.78, 5) is 26.4. The van der Waals surface area contributed by atoms with Crippen molar-refractivity contribution in [1.82, 2.24) is 15.5 Å². The second-order valence-electron chi connectivity index (χ2n) is 6.83. The second-order valence-corrected chi connectivity index (χ2v) is 6.83. The number of amides is 2. The summed E-state index contributed by atoms with van der Waals surface area (Å²) < 4.78 is 0. The van der Waals surface area contributed by atoms with Crippen LogP contribution >= 0.6 is 0 Å². The molecule has 1 aliphatic heterocycles. The average molecular weight is 331 g/mol. The number of hydrogen-bond acceptors (Lipinski definition) is 3. The Hall–Kier alpha value is -1.88. The molecule has 132 valence electrons. The molecule has 5 heteroatoms. The van der Waals surface area contributed by atoms with Crippen LogP contribution in [0.5, 0.6) is 0 Å². The van der Waals surface area contributed by atoms with Crippen LogP contribution in [0.4, 0.5) is 0 Å². The highest BCUT2D eigenvalue weighted by molar-refractivity contribution is 5.88. The normalized spacial score (nSPS) is 18.5. The third-order valence-electron chi connectivity index (χ3n) is 4.28. The van der Waals surface area contributed by atoms with E-state index in [4.69, 9.17) is 0 Å². The molecule has 0 bridgehead atoms. The topological polar surface area (TPSA) is 61.4 Å². The zero-order valence-corrected chi connectivity index (χ0v) is 14.8. The van der Waals surface area contributed by atoms with E-state index in [1.807, 2.05) is 18.2 Å². The Labute approximate surface area is 144 Å². The molecule has 0 aromatic heterocycles. The number of carbonyl (C=O) groups is 2. The van der Waals surface area contributed by atoms with E-state index in [1.54, 1.807) is 0 Å². The maximum absolute atomic E-state index is 12.2. The lowest BCUT2D eigenvalue weighted by atomic mass is 10.1. The molecule has 0 unspecified atom stereocenters. The predicted octanol–water partition coefficient (Wildman–Crippen LogP) is 1.58. The molecule has 1 aromatic rings. The molecule has 0 aliphatic carbocycles. The minimum atomic E-state index is -0.346. The fourth-order valence-electron chi connectivity index (χ4n) is 2.95. The van der Waals surface area contributed by atoms with Crippen LogP contribution in [0.2, 0.25) is 0 Å². The number of aryl methyl sites for hydroxylation is 1. The Morgan fingerprint density at radius 3 is 2.79 bits per heavy atom. The first-order valence-electron chi connectivity index (χ1n) is 8.88. The van der Waals surface area contributed by atoms with E-state index in [9.17, 15) is 9.59 Å². The Kier molecular flexibility index (Phi) is 7.25. The van der Waals surface area contributed by atoms with E-state index < -0.39 is 0 Å². The van der Waals surface area contributed by atoms with Gasteiger partial charge in [-0.15, -0.1) is 0 Å². The first-order valence-corrected chi connectivity index (χ1v) is 8.88. The number of hydrogen-bond donors (Lipinski definition) is 2. The van der Waals surface area contributed by atoms with Gasteiger partial charge in [-0.3, -0.25) is 14.5 Å². The molecular weight excluding hydrogens is 302 g/mol. The number of nitrogens with zero attached hydrogens (tertiary/aromatic N) is 1. The van der Waals surface area contributed by atoms with Crippen molar-refractivity contribution in [2.24, 2.45) is 5.92 Å². The highest BCUT2D eigenvalue weighted by Crippen LogP contribution is 2.11. The van der Waals surface area contributed by atoms with Crippen molar-refractivity contribution in [3.05, 3.63) is 35.9 Å². The number of carbonyl (C=O) groups excluding carboxylic acids is 2. The fraction of sp³-hybridized carbons (Fsp3) is 0.579. The van der Waals surface area contributed by atoms with Gasteiger partial charge in [0.25, 0.3) is 0 Å². The van der Waals surface area contributed by atoms with Crippen molar-refractivity contribution < 1.29 is 9.59 Å². The largest absolute Gasteiger partial charge is 0.356 e. The molecule has 1 aliphatic rings. The molecule has 5 nitrogen and oxygen atoms in total. The summed E-state index contributed by atoms with van der Waals surface area (Å²) in [5.74, 6) is 0.343. The third-order valence-corrected chi connectivity index (χ3v) is 4.28. The number of nitrogens with one attached hydrogen (secondary N) is 2. The average Bonchev–Trinajstić information content (AvgIpc) is 2.57. The van der Waals surface area contributed by atoms with E-state index in [0.29, 0.717) is 19.0 Å². The SMILES string of the molecule is CC(C)CNC(=O)C[C@H]1C(=O)NCCN1CCCc1ccccc1. The molecule has 0 saturated carbocycles. The van der Waals surface area contributed by atoms with Crippen molar-refractivity contribution in [3.63, 3.8) is 0 Å². The lowest BCUT2D eigenvalue weighted by Gasteiger charge is -2.34. The van der Waals surface area contributed by atoms with Crippen LogP contribution in [0, 0.1) is 5.92 Å². The Morgan fingerprint density at radius 1 is 1.33 bits per heavy atom. The molecule has 0 spiro atoms. The molecule has 2 amide bonds. The van der Waals surface area contributed by atoms with Gasteiger partial charge in [0.1, 0.15) is 0 Å². The van der Waals surface area contributed by atoms with E-state index in [0.717, 1.165) is 25.9 Å². The summed E-state index contributed by atoms with van der Waals surface area (Å²) in [5, 5.41) is 5.79. The second kappa shape index (κ2) is 9.42. The minimum absolute atomic E-state index is 0.0272. The first-order chi connectivity index (χ1) is 11.6. The number of rotatable bonds is 8. The van der Waals surface area contributed by atoms with Crippen molar-refractivity contribution in [1.29, 1.82) is 0 Å². The Bertz CT molecular complexity index is 531. The van der Waals surface area contributed by atoms with E-state index in [1.165, 1.54) is 5.56 Å². The summed E-state index contributed by atoms with van der Waals surface area (Å²) in [5.41, 5.74) is 1.31. The van der Waals surface area contributed by atoms with Gasteiger partial charge in [-0.25, -0.2) is 0 Å². The fourth-order valence-corrected chi connectivity index (χ4v) is 2.95. The molecule has 1 saturated heterocycles. The van der Waals surface area contributed by atoms with Crippen LogP contribution in [0.25, 0.3) is 0 Å². The molecule has 1 aromatic carbocycles. The Morgan fingerprint density at radius 2 is 2.08 bits per heavy atom. The van der Waals surface area contributed by atoms with Crippen LogP contribution in [-0.4, -0.2) is 48.9 Å². The van der Waals surface area contributed by atoms with Gasteiger partial charge in [-0.2, -0.15) is 0 Å². The van der Waals surface area contributed by atoms with Gasteiger partial charge in [0, 0.05) is 19.6 Å². The van der Waals surface area contributed by atoms with E-state index >= 15 is 0 Å². The highest BCUT2D eigenvalue weighted by Gasteiger charge is 2.31. The highest BCUT2D eigenvalue weighted by atomic mass is 16.2. The molecule has 1 heterocycles. The van der Waals surface area contributed by atoms with Crippen LogP contribution in [0.1, 0.15) is 32.3 Å². The molecule has 24 heavy (non-hydrogen) atoms. The van der Waals surface area contributed by atoms with Crippen LogP contribution < -0.4 is 10.6 Å². The van der Waals surface area contributed by atoms with Gasteiger partial charge in [0.15, 0.2) is 0 Å². The molecule has 2 rings (SSSR count). The van der Waals surface area contributed by atoms with Gasteiger partial charge in [0.2, 0.25) is 11.8 Å². The standard InChI is InChI=1S/C19H29N3O2/c1-15(2)14-21-18(23)13-17-19(24)20-10-12-22(17)11-6-9-16-7-4-3-5-8-16/h3-5,7-8,15,17H,6,9-14H2,1-2H3,(H,20,24)(H,21,23)/t17-/m0/s1. The third kappa shape index (κ3) is 5.96. The summed E-state index contributed by atoms with van der Waals surface area (Å²) >= 11 is 0. The zero-order chi connectivity index (χ0) is 17.4. The smallest absolute Gasteiger partial charge is 0.237 e. The monoisotopic (exact) mass is 331 g/mol. The van der Waals surface area contributed by atoms with Gasteiger partial charge in [0.05, 0.1) is 12.5 Å². The van der Waals surface area contributed by atoms with Crippen molar-refractivity contribution >= 4 is 11.8 Å². The summed E-state index contributed by atoms with van der Waals surface area (Å²) in [6.07, 6.45) is 2.22. The molecular formula is C19H29N3O2. The lowest BCUT2D eigenvalue weighted by Crippen LogP contribution is -2.56. The molecule has 2 N–H and O–H groups in total. The number of benzene rings is 1. The first kappa shape index (κ1) is 18.5. The summed E-state index contributed by atoms with van der Waals surface area (Å²) in [6.45, 7) is 7.08. The van der Waals surface area contributed by atoms with Crippen molar-refractivity contribution in [2.75, 3.05) is 26.2 Å². The maximum atomic E-state index is 12.2. The Balaban J connectivity index is 1.83. The van der Waals surface area contributed by atoms with E-state index in [2.05, 4.69) is 41.5 Å². The molecule has 0 radical (unpaired) electrons. The lowest BCUT2D eigenvalue weighted by molar-refractivity contribution is -0.134. The van der Waals surface area contributed by atoms with Crippen molar-refractivity contribution in [3.8, 4) is 0 Å². The van der Waals surface area contributed by atoms with Crippen LogP contribution in [-0.2, 0) is 16.0 Å².